The molecule has 18 heavy (non-hydrogen) atoms. The summed E-state index contributed by atoms with van der Waals surface area (Å²) in [6.45, 7) is 0.358. The van der Waals surface area contributed by atoms with Gasteiger partial charge in [0.15, 0.2) is 0 Å². The number of carbonyl (C=O) groups excluding carboxylic acids is 2. The van der Waals surface area contributed by atoms with Gasteiger partial charge >= 0.3 is 0 Å². The van der Waals surface area contributed by atoms with Crippen molar-refractivity contribution in [3.05, 3.63) is 53.3 Å². The number of benzene rings is 1. The topological polar surface area (TPSA) is 66.1 Å². The van der Waals surface area contributed by atoms with Gasteiger partial charge in [-0.3, -0.25) is 19.6 Å². The minimum atomic E-state index is -0.217. The van der Waals surface area contributed by atoms with E-state index in [-0.39, 0.29) is 11.8 Å². The molecule has 5 heteroatoms. The highest BCUT2D eigenvalue weighted by Crippen LogP contribution is 2.22. The van der Waals surface area contributed by atoms with Crippen LogP contribution in [0.15, 0.2) is 36.5 Å². The highest BCUT2D eigenvalue weighted by molar-refractivity contribution is 6.21. The van der Waals surface area contributed by atoms with E-state index in [1.165, 1.54) is 4.90 Å². The molecule has 0 bridgehead atoms. The molecule has 0 saturated carbocycles. The van der Waals surface area contributed by atoms with Gasteiger partial charge in [0.05, 0.1) is 16.8 Å². The number of carbonyl (C=O) groups is 2. The number of H-pyrrole nitrogens is 1. The lowest BCUT2D eigenvalue weighted by Gasteiger charge is -2.12. The highest BCUT2D eigenvalue weighted by Gasteiger charge is 2.34. The van der Waals surface area contributed by atoms with Crippen LogP contribution in [0.2, 0.25) is 0 Å². The molecule has 2 heterocycles. The van der Waals surface area contributed by atoms with Crippen molar-refractivity contribution in [3.63, 3.8) is 0 Å². The van der Waals surface area contributed by atoms with Crippen LogP contribution < -0.4 is 0 Å². The second-order valence-corrected chi connectivity index (χ2v) is 4.12. The van der Waals surface area contributed by atoms with Crippen LogP contribution in [-0.4, -0.2) is 33.5 Å². The van der Waals surface area contributed by atoms with Gasteiger partial charge in [-0.15, -0.1) is 0 Å². The first kappa shape index (κ1) is 10.7. The molecule has 0 radical (unpaired) electrons. The number of hydrogen-bond donors (Lipinski definition) is 1. The Bertz CT molecular complexity index is 569. The quantitative estimate of drug-likeness (QED) is 0.822. The maximum atomic E-state index is 12.0. The lowest BCUT2D eigenvalue weighted by atomic mass is 10.1. The minimum Gasteiger partial charge on any atom is -0.285 e. The molecule has 0 atom stereocenters. The number of aromatic nitrogens is 2. The smallest absolute Gasteiger partial charge is 0.261 e. The first-order chi connectivity index (χ1) is 8.77. The molecule has 1 aromatic carbocycles. The average Bonchev–Trinajstić information content (AvgIpc) is 2.98. The molecule has 0 saturated heterocycles. The van der Waals surface area contributed by atoms with E-state index >= 15 is 0 Å². The third-order valence-corrected chi connectivity index (χ3v) is 3.03. The number of amides is 2. The summed E-state index contributed by atoms with van der Waals surface area (Å²) in [4.78, 5) is 25.4. The van der Waals surface area contributed by atoms with E-state index < -0.39 is 0 Å². The van der Waals surface area contributed by atoms with E-state index in [1.54, 1.807) is 30.5 Å². The van der Waals surface area contributed by atoms with Gasteiger partial charge in [0, 0.05) is 19.2 Å². The molecule has 90 valence electrons. The van der Waals surface area contributed by atoms with E-state index in [2.05, 4.69) is 10.2 Å². The first-order valence-corrected chi connectivity index (χ1v) is 5.71. The van der Waals surface area contributed by atoms with Crippen molar-refractivity contribution in [2.45, 2.75) is 6.42 Å². The van der Waals surface area contributed by atoms with Crippen LogP contribution in [0.5, 0.6) is 0 Å². The Kier molecular flexibility index (Phi) is 2.44. The van der Waals surface area contributed by atoms with Crippen molar-refractivity contribution < 1.29 is 9.59 Å². The van der Waals surface area contributed by atoms with E-state index in [1.807, 2.05) is 6.07 Å². The number of nitrogens with zero attached hydrogens (tertiary/aromatic N) is 2. The van der Waals surface area contributed by atoms with Crippen LogP contribution in [-0.2, 0) is 6.42 Å². The van der Waals surface area contributed by atoms with Crippen molar-refractivity contribution in [1.29, 1.82) is 0 Å². The number of imide groups is 1. The molecular formula is C13H11N3O2. The SMILES string of the molecule is O=C1c2ccccc2C(=O)N1CCc1cc[nH]n1. The number of nitrogens with one attached hydrogen (secondary N) is 1. The zero-order valence-corrected chi connectivity index (χ0v) is 9.59. The Morgan fingerprint density at radius 1 is 1.06 bits per heavy atom. The number of rotatable bonds is 3. The summed E-state index contributed by atoms with van der Waals surface area (Å²) >= 11 is 0. The van der Waals surface area contributed by atoms with Crippen molar-refractivity contribution in [2.75, 3.05) is 6.54 Å². The van der Waals surface area contributed by atoms with Crippen LogP contribution in [0.4, 0.5) is 0 Å². The minimum absolute atomic E-state index is 0.217. The summed E-state index contributed by atoms with van der Waals surface area (Å²) < 4.78 is 0. The molecule has 0 spiro atoms. The largest absolute Gasteiger partial charge is 0.285 e. The van der Waals surface area contributed by atoms with Crippen LogP contribution in [0.3, 0.4) is 0 Å². The fourth-order valence-electron chi connectivity index (χ4n) is 2.10. The maximum Gasteiger partial charge on any atom is 0.261 e. The van der Waals surface area contributed by atoms with Gasteiger partial charge in [-0.05, 0) is 18.2 Å². The summed E-state index contributed by atoms with van der Waals surface area (Å²) in [6, 6.07) is 8.73. The lowest BCUT2D eigenvalue weighted by Crippen LogP contribution is -2.31. The standard InChI is InChI=1S/C13H11N3O2/c17-12-10-3-1-2-4-11(10)13(18)16(12)8-6-9-5-7-14-15-9/h1-5,7H,6,8H2,(H,14,15). The summed E-state index contributed by atoms with van der Waals surface area (Å²) in [7, 11) is 0. The fourth-order valence-corrected chi connectivity index (χ4v) is 2.10. The average molecular weight is 241 g/mol. The van der Waals surface area contributed by atoms with E-state index in [0.717, 1.165) is 5.69 Å². The predicted molar refractivity (Wildman–Crippen MR) is 64.1 cm³/mol. The summed E-state index contributed by atoms with van der Waals surface area (Å²) in [5, 5.41) is 6.71. The van der Waals surface area contributed by atoms with Gasteiger partial charge < -0.3 is 0 Å². The van der Waals surface area contributed by atoms with Crippen LogP contribution in [0.25, 0.3) is 0 Å². The molecule has 1 N–H and O–H groups in total. The van der Waals surface area contributed by atoms with Gasteiger partial charge in [0.25, 0.3) is 11.8 Å². The van der Waals surface area contributed by atoms with Gasteiger partial charge in [0.2, 0.25) is 0 Å². The van der Waals surface area contributed by atoms with Crippen molar-refractivity contribution in [3.8, 4) is 0 Å². The van der Waals surface area contributed by atoms with Gasteiger partial charge in [-0.1, -0.05) is 12.1 Å². The predicted octanol–water partition coefficient (Wildman–Crippen LogP) is 1.25. The highest BCUT2D eigenvalue weighted by atomic mass is 16.2. The Morgan fingerprint density at radius 2 is 1.72 bits per heavy atom. The third-order valence-electron chi connectivity index (χ3n) is 3.03. The summed E-state index contributed by atoms with van der Waals surface area (Å²) in [5.41, 5.74) is 1.82. The molecule has 1 aromatic heterocycles. The first-order valence-electron chi connectivity index (χ1n) is 5.71. The third kappa shape index (κ3) is 1.60. The van der Waals surface area contributed by atoms with E-state index in [0.29, 0.717) is 24.1 Å². The van der Waals surface area contributed by atoms with Crippen molar-refractivity contribution in [1.82, 2.24) is 15.1 Å². The van der Waals surface area contributed by atoms with Crippen LogP contribution in [0.1, 0.15) is 26.4 Å². The van der Waals surface area contributed by atoms with Gasteiger partial charge in [-0.2, -0.15) is 5.10 Å². The normalized spacial score (nSPS) is 14.1. The zero-order valence-electron chi connectivity index (χ0n) is 9.59. The zero-order chi connectivity index (χ0) is 12.5. The lowest BCUT2D eigenvalue weighted by molar-refractivity contribution is 0.0656. The van der Waals surface area contributed by atoms with Crippen LogP contribution >= 0.6 is 0 Å². The maximum absolute atomic E-state index is 12.0. The van der Waals surface area contributed by atoms with Gasteiger partial charge in [-0.25, -0.2) is 0 Å². The molecule has 0 aliphatic carbocycles. The number of hydrogen-bond acceptors (Lipinski definition) is 3. The number of fused-ring (bicyclic) bond motifs is 1. The Balaban J connectivity index is 1.80. The molecule has 2 amide bonds. The van der Waals surface area contributed by atoms with Gasteiger partial charge in [0.1, 0.15) is 0 Å². The Hall–Kier alpha value is -2.43. The monoisotopic (exact) mass is 241 g/mol. The molecule has 0 unspecified atom stereocenters. The second kappa shape index (κ2) is 4.10. The Morgan fingerprint density at radius 3 is 2.28 bits per heavy atom. The van der Waals surface area contributed by atoms with E-state index in [9.17, 15) is 9.59 Å². The number of aromatic amines is 1. The summed E-state index contributed by atoms with van der Waals surface area (Å²) in [6.07, 6.45) is 2.28. The summed E-state index contributed by atoms with van der Waals surface area (Å²) in [5.74, 6) is -0.433. The molecule has 1 aliphatic rings. The van der Waals surface area contributed by atoms with E-state index in [4.69, 9.17) is 0 Å². The molecule has 2 aromatic rings. The molecule has 5 nitrogen and oxygen atoms in total. The van der Waals surface area contributed by atoms with Crippen molar-refractivity contribution >= 4 is 11.8 Å². The Labute approximate surface area is 103 Å². The van der Waals surface area contributed by atoms with Crippen LogP contribution in [0, 0.1) is 0 Å². The molecule has 0 fully saturated rings. The molecule has 1 aliphatic heterocycles. The molecule has 3 rings (SSSR count). The second-order valence-electron chi connectivity index (χ2n) is 4.12. The van der Waals surface area contributed by atoms with Crippen molar-refractivity contribution in [2.24, 2.45) is 0 Å². The fraction of sp³-hybridized carbons (Fsp3) is 0.154. The molecular weight excluding hydrogens is 230 g/mol.